The van der Waals surface area contributed by atoms with E-state index < -0.39 is 9.84 Å². The molecule has 8 rings (SSSR count). The Morgan fingerprint density at radius 2 is 0.952 bits per heavy atom. The van der Waals surface area contributed by atoms with E-state index in [4.69, 9.17) is 0 Å². The molecule has 202 valence electrons. The summed E-state index contributed by atoms with van der Waals surface area (Å²) >= 11 is 0. The molecule has 0 amide bonds. The van der Waals surface area contributed by atoms with E-state index in [1.807, 2.05) is 42.5 Å². The van der Waals surface area contributed by atoms with Crippen molar-refractivity contribution in [3.05, 3.63) is 145 Å². The van der Waals surface area contributed by atoms with E-state index in [1.54, 1.807) is 12.1 Å². The molecule has 0 saturated carbocycles. The summed E-state index contributed by atoms with van der Waals surface area (Å²) in [6.07, 6.45) is 0. The summed E-state index contributed by atoms with van der Waals surface area (Å²) in [5, 5.41) is 0. The van der Waals surface area contributed by atoms with E-state index in [9.17, 15) is 8.42 Å². The molecular weight excluding hydrogens is 532 g/mol. The van der Waals surface area contributed by atoms with Crippen LogP contribution in [0.2, 0.25) is 0 Å². The summed E-state index contributed by atoms with van der Waals surface area (Å²) in [5.74, 6) is 0. The molecule has 0 atom stereocenters. The molecular formula is C39H28O2S. The minimum absolute atomic E-state index is 0.0518. The summed E-state index contributed by atoms with van der Waals surface area (Å²) in [4.78, 5) is 0.787. The standard InChI is InChI=1S/C39H28O2S/c1-39(2)34-20-5-3-16-33(34)37-29(17-10-21-35(37)39)27-13-7-11-25(23-27)26-12-8-14-28(24-26)30-18-9-19-32-31-15-4-6-22-36(31)42(40,41)38(30)32/h3-24H,1-2H3. The second kappa shape index (κ2) is 8.88. The first kappa shape index (κ1) is 25.0. The monoisotopic (exact) mass is 560 g/mol. The minimum Gasteiger partial charge on any atom is -0.218 e. The lowest BCUT2D eigenvalue weighted by molar-refractivity contribution is 0.599. The van der Waals surface area contributed by atoms with Gasteiger partial charge in [-0.3, -0.25) is 0 Å². The summed E-state index contributed by atoms with van der Waals surface area (Å²) in [6, 6.07) is 45.4. The molecule has 0 N–H and O–H groups in total. The van der Waals surface area contributed by atoms with Gasteiger partial charge in [-0.25, -0.2) is 8.42 Å². The molecule has 42 heavy (non-hydrogen) atoms. The van der Waals surface area contributed by atoms with Gasteiger partial charge < -0.3 is 0 Å². The van der Waals surface area contributed by atoms with Gasteiger partial charge in [-0.15, -0.1) is 0 Å². The maximum atomic E-state index is 13.7. The van der Waals surface area contributed by atoms with Gasteiger partial charge in [0.1, 0.15) is 0 Å². The molecule has 0 aromatic heterocycles. The van der Waals surface area contributed by atoms with Gasteiger partial charge in [-0.1, -0.05) is 129 Å². The SMILES string of the molecule is CC1(C)c2ccccc2-c2c(-c3cccc(-c4cccc(-c5cccc6c5S(=O)(=O)c5ccccc5-6)c4)c3)cccc21. The van der Waals surface area contributed by atoms with Crippen molar-refractivity contribution in [1.82, 2.24) is 0 Å². The Balaban J connectivity index is 1.25. The molecule has 0 fully saturated rings. The Kier molecular flexibility index (Phi) is 5.29. The molecule has 2 nitrogen and oxygen atoms in total. The Labute approximate surface area is 246 Å². The molecule has 6 aromatic carbocycles. The van der Waals surface area contributed by atoms with Crippen molar-refractivity contribution in [3.8, 4) is 55.6 Å². The maximum Gasteiger partial charge on any atom is 0.208 e. The molecule has 1 heterocycles. The summed E-state index contributed by atoms with van der Waals surface area (Å²) in [7, 11) is -3.60. The van der Waals surface area contributed by atoms with Crippen LogP contribution in [-0.4, -0.2) is 8.42 Å². The van der Waals surface area contributed by atoms with E-state index >= 15 is 0 Å². The van der Waals surface area contributed by atoms with Crippen LogP contribution in [0.25, 0.3) is 55.6 Å². The first-order valence-electron chi connectivity index (χ1n) is 14.3. The van der Waals surface area contributed by atoms with Crippen LogP contribution in [-0.2, 0) is 15.3 Å². The quantitative estimate of drug-likeness (QED) is 0.216. The highest BCUT2D eigenvalue weighted by atomic mass is 32.2. The van der Waals surface area contributed by atoms with Crippen molar-refractivity contribution in [3.63, 3.8) is 0 Å². The third-order valence-electron chi connectivity index (χ3n) is 9.04. The van der Waals surface area contributed by atoms with E-state index in [0.29, 0.717) is 9.79 Å². The fourth-order valence-corrected chi connectivity index (χ4v) is 8.92. The van der Waals surface area contributed by atoms with E-state index in [0.717, 1.165) is 33.4 Å². The normalized spacial score (nSPS) is 15.0. The third kappa shape index (κ3) is 3.47. The average Bonchev–Trinajstić information content (AvgIpc) is 3.41. The maximum absolute atomic E-state index is 13.7. The van der Waals surface area contributed by atoms with E-state index in [-0.39, 0.29) is 5.41 Å². The summed E-state index contributed by atoms with van der Waals surface area (Å²) < 4.78 is 27.3. The van der Waals surface area contributed by atoms with Crippen LogP contribution in [0.3, 0.4) is 0 Å². The third-order valence-corrected chi connectivity index (χ3v) is 11.0. The van der Waals surface area contributed by atoms with Gasteiger partial charge in [-0.2, -0.15) is 0 Å². The first-order chi connectivity index (χ1) is 20.4. The summed E-state index contributed by atoms with van der Waals surface area (Å²) in [6.45, 7) is 4.62. The van der Waals surface area contributed by atoms with Crippen molar-refractivity contribution >= 4 is 9.84 Å². The lowest BCUT2D eigenvalue weighted by Crippen LogP contribution is -2.14. The van der Waals surface area contributed by atoms with Crippen LogP contribution in [0, 0.1) is 0 Å². The highest BCUT2D eigenvalue weighted by molar-refractivity contribution is 7.92. The fourth-order valence-electron chi connectivity index (χ4n) is 7.03. The number of hydrogen-bond acceptors (Lipinski definition) is 2. The van der Waals surface area contributed by atoms with Gasteiger partial charge in [0.2, 0.25) is 9.84 Å². The number of hydrogen-bond donors (Lipinski definition) is 0. The Bertz CT molecular complexity index is 2190. The molecule has 0 saturated heterocycles. The molecule has 0 unspecified atom stereocenters. The van der Waals surface area contributed by atoms with Crippen LogP contribution >= 0.6 is 0 Å². The number of benzene rings is 6. The molecule has 0 bridgehead atoms. The molecule has 1 aliphatic heterocycles. The summed E-state index contributed by atoms with van der Waals surface area (Å²) in [5.41, 5.74) is 13.0. The highest BCUT2D eigenvalue weighted by Gasteiger charge is 2.37. The fraction of sp³-hybridized carbons (Fsp3) is 0.0769. The molecule has 3 heteroatoms. The molecule has 0 radical (unpaired) electrons. The zero-order valence-corrected chi connectivity index (χ0v) is 24.2. The molecule has 1 aliphatic carbocycles. The molecule has 0 spiro atoms. The number of fused-ring (bicyclic) bond motifs is 6. The van der Waals surface area contributed by atoms with E-state index in [2.05, 4.69) is 92.7 Å². The smallest absolute Gasteiger partial charge is 0.208 e. The van der Waals surface area contributed by atoms with Gasteiger partial charge in [0.15, 0.2) is 0 Å². The number of rotatable bonds is 3. The predicted octanol–water partition coefficient (Wildman–Crippen LogP) is 9.81. The lowest BCUT2D eigenvalue weighted by atomic mass is 9.82. The van der Waals surface area contributed by atoms with Crippen LogP contribution in [0.5, 0.6) is 0 Å². The van der Waals surface area contributed by atoms with E-state index in [1.165, 1.54) is 33.4 Å². The predicted molar refractivity (Wildman–Crippen MR) is 171 cm³/mol. The van der Waals surface area contributed by atoms with Crippen molar-refractivity contribution in [2.45, 2.75) is 29.1 Å². The van der Waals surface area contributed by atoms with Crippen molar-refractivity contribution < 1.29 is 8.42 Å². The molecule has 2 aliphatic rings. The van der Waals surface area contributed by atoms with Gasteiger partial charge in [0.05, 0.1) is 9.79 Å². The number of sulfone groups is 1. The average molecular weight is 561 g/mol. The van der Waals surface area contributed by atoms with Crippen LogP contribution in [0.4, 0.5) is 0 Å². The Morgan fingerprint density at radius 3 is 1.71 bits per heavy atom. The topological polar surface area (TPSA) is 34.1 Å². The zero-order chi connectivity index (χ0) is 28.6. The second-order valence-electron chi connectivity index (χ2n) is 11.7. The Morgan fingerprint density at radius 1 is 0.452 bits per heavy atom. The van der Waals surface area contributed by atoms with Crippen molar-refractivity contribution in [1.29, 1.82) is 0 Å². The van der Waals surface area contributed by atoms with Crippen molar-refractivity contribution in [2.24, 2.45) is 0 Å². The Hall–Kier alpha value is -4.73. The van der Waals surface area contributed by atoms with Crippen LogP contribution in [0.1, 0.15) is 25.0 Å². The zero-order valence-electron chi connectivity index (χ0n) is 23.4. The van der Waals surface area contributed by atoms with Crippen LogP contribution < -0.4 is 0 Å². The van der Waals surface area contributed by atoms with Gasteiger partial charge in [-0.05, 0) is 68.3 Å². The highest BCUT2D eigenvalue weighted by Crippen LogP contribution is 2.52. The van der Waals surface area contributed by atoms with Gasteiger partial charge in [0.25, 0.3) is 0 Å². The minimum atomic E-state index is -3.60. The lowest BCUT2D eigenvalue weighted by Gasteiger charge is -2.21. The largest absolute Gasteiger partial charge is 0.218 e. The van der Waals surface area contributed by atoms with Crippen LogP contribution in [0.15, 0.2) is 143 Å². The second-order valence-corrected chi connectivity index (χ2v) is 13.6. The van der Waals surface area contributed by atoms with Crippen molar-refractivity contribution in [2.75, 3.05) is 0 Å². The van der Waals surface area contributed by atoms with Gasteiger partial charge >= 0.3 is 0 Å². The first-order valence-corrected chi connectivity index (χ1v) is 15.8. The molecule has 6 aromatic rings. The van der Waals surface area contributed by atoms with Gasteiger partial charge in [0, 0.05) is 22.1 Å².